The van der Waals surface area contributed by atoms with Crippen LogP contribution in [0.3, 0.4) is 0 Å². The lowest BCUT2D eigenvalue weighted by atomic mass is 9.46. The van der Waals surface area contributed by atoms with Crippen molar-refractivity contribution in [3.63, 3.8) is 0 Å². The third kappa shape index (κ3) is 3.12. The van der Waals surface area contributed by atoms with Crippen molar-refractivity contribution < 1.29 is 10.2 Å². The Labute approximate surface area is 181 Å². The molecule has 0 radical (unpaired) electrons. The highest BCUT2D eigenvalue weighted by Gasteiger charge is 2.61. The summed E-state index contributed by atoms with van der Waals surface area (Å²) < 4.78 is 0. The molecule has 0 aliphatic heterocycles. The Bertz CT molecular complexity index is 800. The Kier molecular flexibility index (Phi) is 4.98. The normalized spacial score (nSPS) is 45.1. The summed E-state index contributed by atoms with van der Waals surface area (Å²) in [6, 6.07) is 0. The molecular formula is C26H40N2O2. The highest BCUT2D eigenvalue weighted by atomic mass is 16.3. The SMILES string of the molecule is CC(O)(CCc1cn[nH]c1)[C@H]1CC[C@H]2[C@@H]3CC=C4C[C@@H](O)CC[C@]4(C)[C@H]3CC[C@]12C. The van der Waals surface area contributed by atoms with Gasteiger partial charge in [-0.15, -0.1) is 0 Å². The van der Waals surface area contributed by atoms with Gasteiger partial charge in [-0.3, -0.25) is 5.10 Å². The molecule has 0 aromatic carbocycles. The number of H-pyrrole nitrogens is 1. The van der Waals surface area contributed by atoms with Crippen molar-refractivity contribution in [1.82, 2.24) is 10.2 Å². The van der Waals surface area contributed by atoms with Gasteiger partial charge in [-0.25, -0.2) is 0 Å². The highest BCUT2D eigenvalue weighted by Crippen LogP contribution is 2.67. The van der Waals surface area contributed by atoms with E-state index in [-0.39, 0.29) is 11.5 Å². The van der Waals surface area contributed by atoms with Gasteiger partial charge in [0.15, 0.2) is 0 Å². The van der Waals surface area contributed by atoms with Crippen LogP contribution in [0.4, 0.5) is 0 Å². The molecule has 4 aliphatic rings. The van der Waals surface area contributed by atoms with Crippen LogP contribution in [0.2, 0.25) is 0 Å². The number of aromatic amines is 1. The van der Waals surface area contributed by atoms with Gasteiger partial charge in [0.25, 0.3) is 0 Å². The number of aliphatic hydroxyl groups excluding tert-OH is 1. The summed E-state index contributed by atoms with van der Waals surface area (Å²) in [6.07, 6.45) is 17.1. The minimum Gasteiger partial charge on any atom is -0.393 e. The molecule has 4 heteroatoms. The lowest BCUT2D eigenvalue weighted by Crippen LogP contribution is -2.53. The molecule has 166 valence electrons. The first kappa shape index (κ1) is 20.8. The zero-order valence-electron chi connectivity index (χ0n) is 19.0. The Balaban J connectivity index is 1.36. The smallest absolute Gasteiger partial charge is 0.0656 e. The molecule has 0 bridgehead atoms. The summed E-state index contributed by atoms with van der Waals surface area (Å²) in [7, 11) is 0. The molecule has 4 nitrogen and oxygen atoms in total. The van der Waals surface area contributed by atoms with Crippen molar-refractivity contribution in [2.75, 3.05) is 0 Å². The van der Waals surface area contributed by atoms with Crippen LogP contribution in [0.1, 0.15) is 84.1 Å². The van der Waals surface area contributed by atoms with Crippen molar-refractivity contribution in [3.8, 4) is 0 Å². The molecule has 4 aliphatic carbocycles. The summed E-state index contributed by atoms with van der Waals surface area (Å²) in [6.45, 7) is 7.10. The van der Waals surface area contributed by atoms with Crippen molar-refractivity contribution in [2.45, 2.75) is 96.7 Å². The van der Waals surface area contributed by atoms with Crippen LogP contribution < -0.4 is 0 Å². The van der Waals surface area contributed by atoms with Crippen molar-refractivity contribution in [1.29, 1.82) is 0 Å². The van der Waals surface area contributed by atoms with E-state index in [1.807, 2.05) is 12.4 Å². The first-order valence-corrected chi connectivity index (χ1v) is 12.3. The predicted molar refractivity (Wildman–Crippen MR) is 119 cm³/mol. The lowest BCUT2D eigenvalue weighted by Gasteiger charge is -2.59. The number of nitrogens with one attached hydrogen (secondary N) is 1. The van der Waals surface area contributed by atoms with E-state index in [1.165, 1.54) is 31.2 Å². The fourth-order valence-corrected chi connectivity index (χ4v) is 8.65. The van der Waals surface area contributed by atoms with Gasteiger partial charge in [-0.1, -0.05) is 25.5 Å². The molecule has 1 unspecified atom stereocenters. The lowest BCUT2D eigenvalue weighted by molar-refractivity contribution is -0.104. The van der Waals surface area contributed by atoms with Gasteiger partial charge in [0.1, 0.15) is 0 Å². The molecule has 5 rings (SSSR count). The summed E-state index contributed by atoms with van der Waals surface area (Å²) >= 11 is 0. The minimum absolute atomic E-state index is 0.129. The molecular weight excluding hydrogens is 372 g/mol. The number of fused-ring (bicyclic) bond motifs is 5. The summed E-state index contributed by atoms with van der Waals surface area (Å²) in [5.41, 5.74) is 2.66. The Morgan fingerprint density at radius 2 is 2.00 bits per heavy atom. The van der Waals surface area contributed by atoms with Crippen LogP contribution >= 0.6 is 0 Å². The molecule has 1 aromatic heterocycles. The van der Waals surface area contributed by atoms with Crippen LogP contribution in [0.15, 0.2) is 24.0 Å². The third-order valence-electron chi connectivity index (χ3n) is 10.3. The number of hydrogen-bond donors (Lipinski definition) is 3. The van der Waals surface area contributed by atoms with Crippen molar-refractivity contribution in [2.24, 2.45) is 34.5 Å². The van der Waals surface area contributed by atoms with Gasteiger partial charge in [0.2, 0.25) is 0 Å². The maximum absolute atomic E-state index is 11.6. The topological polar surface area (TPSA) is 69.1 Å². The van der Waals surface area contributed by atoms with Gasteiger partial charge in [0, 0.05) is 6.20 Å². The molecule has 1 heterocycles. The summed E-state index contributed by atoms with van der Waals surface area (Å²) in [4.78, 5) is 0. The Hall–Kier alpha value is -1.13. The van der Waals surface area contributed by atoms with Gasteiger partial charge in [-0.05, 0) is 111 Å². The van der Waals surface area contributed by atoms with Crippen molar-refractivity contribution in [3.05, 3.63) is 29.6 Å². The molecule has 30 heavy (non-hydrogen) atoms. The molecule has 3 N–H and O–H groups in total. The van der Waals surface area contributed by atoms with E-state index in [0.29, 0.717) is 11.3 Å². The van der Waals surface area contributed by atoms with Crippen LogP contribution in [-0.2, 0) is 6.42 Å². The fraction of sp³-hybridized carbons (Fsp3) is 0.808. The summed E-state index contributed by atoms with van der Waals surface area (Å²) in [5, 5.41) is 28.8. The van der Waals surface area contributed by atoms with Gasteiger partial charge >= 0.3 is 0 Å². The number of aryl methyl sites for hydroxylation is 1. The Morgan fingerprint density at radius 1 is 1.17 bits per heavy atom. The van der Waals surface area contributed by atoms with E-state index in [4.69, 9.17) is 0 Å². The van der Waals surface area contributed by atoms with E-state index >= 15 is 0 Å². The maximum atomic E-state index is 11.6. The number of rotatable bonds is 4. The predicted octanol–water partition coefficient (Wildman–Crippen LogP) is 5.03. The fourth-order valence-electron chi connectivity index (χ4n) is 8.65. The van der Waals surface area contributed by atoms with Crippen LogP contribution in [0.25, 0.3) is 0 Å². The van der Waals surface area contributed by atoms with Crippen molar-refractivity contribution >= 4 is 0 Å². The first-order chi connectivity index (χ1) is 14.2. The number of aromatic nitrogens is 2. The van der Waals surface area contributed by atoms with E-state index in [2.05, 4.69) is 37.0 Å². The molecule has 8 atom stereocenters. The van der Waals surface area contributed by atoms with E-state index in [0.717, 1.165) is 56.3 Å². The molecule has 3 saturated carbocycles. The number of hydrogen-bond acceptors (Lipinski definition) is 3. The van der Waals surface area contributed by atoms with Crippen LogP contribution in [-0.4, -0.2) is 32.1 Å². The van der Waals surface area contributed by atoms with Gasteiger partial charge < -0.3 is 10.2 Å². The second kappa shape index (κ2) is 7.20. The van der Waals surface area contributed by atoms with E-state index in [1.54, 1.807) is 5.57 Å². The van der Waals surface area contributed by atoms with E-state index < -0.39 is 5.60 Å². The zero-order chi connectivity index (χ0) is 21.1. The first-order valence-electron chi connectivity index (χ1n) is 12.3. The van der Waals surface area contributed by atoms with Gasteiger partial charge in [-0.2, -0.15) is 5.10 Å². The monoisotopic (exact) mass is 412 g/mol. The largest absolute Gasteiger partial charge is 0.393 e. The second-order valence-electron chi connectivity index (χ2n) is 11.8. The zero-order valence-corrected chi connectivity index (χ0v) is 19.0. The molecule has 0 spiro atoms. The number of allylic oxidation sites excluding steroid dienone is 1. The summed E-state index contributed by atoms with van der Waals surface area (Å²) in [5.74, 6) is 2.62. The molecule has 0 saturated heterocycles. The molecule has 0 amide bonds. The molecule has 3 fully saturated rings. The average Bonchev–Trinajstić information content (AvgIpc) is 3.34. The molecule has 1 aromatic rings. The number of aliphatic hydroxyl groups is 2. The average molecular weight is 413 g/mol. The highest BCUT2D eigenvalue weighted by molar-refractivity contribution is 5.25. The van der Waals surface area contributed by atoms with Crippen LogP contribution in [0.5, 0.6) is 0 Å². The maximum Gasteiger partial charge on any atom is 0.0656 e. The second-order valence-corrected chi connectivity index (χ2v) is 11.8. The third-order valence-corrected chi connectivity index (χ3v) is 10.3. The minimum atomic E-state index is -0.623. The van der Waals surface area contributed by atoms with Crippen LogP contribution in [0, 0.1) is 34.5 Å². The quantitative estimate of drug-likeness (QED) is 0.607. The van der Waals surface area contributed by atoms with Gasteiger partial charge in [0.05, 0.1) is 17.9 Å². The number of nitrogens with zero attached hydrogens (tertiary/aromatic N) is 1. The Morgan fingerprint density at radius 3 is 2.77 bits per heavy atom. The standard InChI is InChI=1S/C26H40N2O2/c1-24-11-9-19(29)14-18(24)4-5-20-21-6-7-23(25(21,2)12-10-22(20)24)26(3,30)13-8-17-15-27-28-16-17/h4,15-16,19-23,29-30H,5-14H2,1-3H3,(H,27,28)/t19-,20-,21-,22-,23-,24-,25-,26?/m0/s1. The van der Waals surface area contributed by atoms with E-state index in [9.17, 15) is 10.2 Å².